The van der Waals surface area contributed by atoms with Crippen molar-refractivity contribution >= 4 is 49.0 Å². The second-order valence-electron chi connectivity index (χ2n) is 9.94. The summed E-state index contributed by atoms with van der Waals surface area (Å²) in [5.74, 6) is 0.240. The van der Waals surface area contributed by atoms with Gasteiger partial charge in [-0.15, -0.1) is 0 Å². The van der Waals surface area contributed by atoms with Crippen molar-refractivity contribution in [3.63, 3.8) is 0 Å². The Labute approximate surface area is 256 Å². The summed E-state index contributed by atoms with van der Waals surface area (Å²) < 4.78 is 25.4. The van der Waals surface area contributed by atoms with Gasteiger partial charge in [0.1, 0.15) is 17.6 Å². The highest BCUT2D eigenvalue weighted by Crippen LogP contribution is 2.49. The lowest BCUT2D eigenvalue weighted by Gasteiger charge is -2.36. The Kier molecular flexibility index (Phi) is 9.24. The van der Waals surface area contributed by atoms with Gasteiger partial charge in [0.2, 0.25) is 11.6 Å². The average Bonchev–Trinajstić information content (AvgIpc) is 2.99. The number of ether oxygens (including phenoxy) is 4. The van der Waals surface area contributed by atoms with E-state index < -0.39 is 17.7 Å². The Hall–Kier alpha value is -3.04. The molecule has 6 nitrogen and oxygen atoms in total. The molecule has 0 bridgehead atoms. The fourth-order valence-corrected chi connectivity index (χ4v) is 6.07. The number of ketones is 2. The molecule has 3 aromatic rings. The Morgan fingerprint density at radius 3 is 2.20 bits per heavy atom. The number of benzene rings is 3. The summed E-state index contributed by atoms with van der Waals surface area (Å²) in [7, 11) is 3.22. The molecule has 0 saturated carbocycles. The number of hydrogen-bond acceptors (Lipinski definition) is 6. The van der Waals surface area contributed by atoms with Crippen LogP contribution in [0.2, 0.25) is 0 Å². The second-order valence-corrected chi connectivity index (χ2v) is 11.8. The van der Waals surface area contributed by atoms with Crippen LogP contribution in [0.25, 0.3) is 5.57 Å². The largest absolute Gasteiger partial charge is 0.496 e. The number of carbonyl (C=O) groups excluding carboxylic acids is 2. The maximum atomic E-state index is 13.2. The summed E-state index contributed by atoms with van der Waals surface area (Å²) >= 11 is 6.77. The molecule has 2 unspecified atom stereocenters. The van der Waals surface area contributed by atoms with Crippen LogP contribution in [0.15, 0.2) is 86.8 Å². The molecule has 0 amide bonds. The molecule has 2 atom stereocenters. The maximum absolute atomic E-state index is 13.2. The van der Waals surface area contributed by atoms with E-state index in [-0.39, 0.29) is 6.10 Å². The van der Waals surface area contributed by atoms with Crippen molar-refractivity contribution in [3.05, 3.63) is 109 Å². The van der Waals surface area contributed by atoms with Crippen molar-refractivity contribution < 1.29 is 28.5 Å². The van der Waals surface area contributed by atoms with E-state index in [0.29, 0.717) is 43.1 Å². The van der Waals surface area contributed by atoms with Gasteiger partial charge in [-0.05, 0) is 72.4 Å². The van der Waals surface area contributed by atoms with Crippen molar-refractivity contribution in [1.82, 2.24) is 0 Å². The Balaban J connectivity index is 0.000000423. The van der Waals surface area contributed by atoms with E-state index in [1.54, 1.807) is 14.2 Å². The minimum atomic E-state index is -0.615. The predicted octanol–water partition coefficient (Wildman–Crippen LogP) is 7.37. The zero-order valence-electron chi connectivity index (χ0n) is 23.0. The van der Waals surface area contributed by atoms with Gasteiger partial charge in [0.25, 0.3) is 0 Å². The number of hydrogen-bond donors (Lipinski definition) is 0. The molecule has 3 aliphatic rings. The second kappa shape index (κ2) is 12.9. The molecule has 0 radical (unpaired) electrons. The smallest absolute Gasteiger partial charge is 0.232 e. The SMILES string of the molecule is Brc1ccccc1.COc1cc(OC)c(C2=CC(=O)C(=O)C3=C2CC(C)OC3c2ccc(Br)cc2)c2c1COCC2. The zero-order chi connectivity index (χ0) is 29.1. The summed E-state index contributed by atoms with van der Waals surface area (Å²) in [5.41, 5.74) is 5.63. The molecule has 0 fully saturated rings. The fourth-order valence-electron chi connectivity index (χ4n) is 5.50. The van der Waals surface area contributed by atoms with Crippen LogP contribution >= 0.6 is 31.9 Å². The van der Waals surface area contributed by atoms with E-state index in [2.05, 4.69) is 31.9 Å². The molecule has 1 aliphatic carbocycles. The van der Waals surface area contributed by atoms with Crippen molar-refractivity contribution in [2.75, 3.05) is 20.8 Å². The highest BCUT2D eigenvalue weighted by Gasteiger charge is 2.41. The topological polar surface area (TPSA) is 71.1 Å². The Morgan fingerprint density at radius 2 is 1.56 bits per heavy atom. The van der Waals surface area contributed by atoms with Gasteiger partial charge in [0.05, 0.1) is 33.5 Å². The standard InChI is InChI=1S/C27H25BrO6.C6H5Br/c1-14-10-18-19(24-17-8-9-33-13-20(17)22(31-2)12-23(24)32-3)11-21(29)26(30)25(18)27(34-14)15-4-6-16(28)7-5-15;7-6-4-2-1-3-5-6/h4-7,11-12,14,27H,8-10,13H2,1-3H3;1-5H. The van der Waals surface area contributed by atoms with Crippen molar-refractivity contribution in [1.29, 1.82) is 0 Å². The van der Waals surface area contributed by atoms with Gasteiger partial charge < -0.3 is 18.9 Å². The molecule has 0 spiro atoms. The molecule has 2 aliphatic heterocycles. The van der Waals surface area contributed by atoms with Crippen molar-refractivity contribution in [2.24, 2.45) is 0 Å². The maximum Gasteiger partial charge on any atom is 0.232 e. The van der Waals surface area contributed by atoms with Gasteiger partial charge in [-0.3, -0.25) is 9.59 Å². The average molecular weight is 682 g/mol. The normalized spacial score (nSPS) is 19.9. The molecule has 41 heavy (non-hydrogen) atoms. The van der Waals surface area contributed by atoms with Gasteiger partial charge in [0, 0.05) is 31.7 Å². The van der Waals surface area contributed by atoms with Gasteiger partial charge >= 0.3 is 0 Å². The van der Waals surface area contributed by atoms with E-state index in [0.717, 1.165) is 42.3 Å². The third kappa shape index (κ3) is 6.11. The first kappa shape index (κ1) is 29.5. The van der Waals surface area contributed by atoms with E-state index in [9.17, 15) is 9.59 Å². The third-order valence-electron chi connectivity index (χ3n) is 7.35. The fraction of sp³-hybridized carbons (Fsp3) is 0.273. The van der Waals surface area contributed by atoms with Crippen molar-refractivity contribution in [2.45, 2.75) is 38.6 Å². The molecule has 3 aromatic carbocycles. The first-order valence-corrected chi connectivity index (χ1v) is 14.9. The van der Waals surface area contributed by atoms with Crippen LogP contribution < -0.4 is 9.47 Å². The Morgan fingerprint density at radius 1 is 0.878 bits per heavy atom. The molecule has 0 saturated heterocycles. The van der Waals surface area contributed by atoms with Crippen LogP contribution in [0.4, 0.5) is 0 Å². The van der Waals surface area contributed by atoms with Gasteiger partial charge in [0.15, 0.2) is 0 Å². The van der Waals surface area contributed by atoms with Crippen LogP contribution in [0.3, 0.4) is 0 Å². The zero-order valence-corrected chi connectivity index (χ0v) is 26.2. The minimum absolute atomic E-state index is 0.139. The van der Waals surface area contributed by atoms with Crippen LogP contribution in [-0.4, -0.2) is 38.5 Å². The molecule has 2 heterocycles. The molecule has 8 heteroatoms. The van der Waals surface area contributed by atoms with E-state index in [1.807, 2.05) is 67.6 Å². The number of allylic oxidation sites excluding steroid dienone is 2. The van der Waals surface area contributed by atoms with Crippen LogP contribution in [0, 0.1) is 0 Å². The van der Waals surface area contributed by atoms with E-state index in [1.165, 1.54) is 6.08 Å². The third-order valence-corrected chi connectivity index (χ3v) is 8.40. The number of carbonyl (C=O) groups is 2. The quantitative estimate of drug-likeness (QED) is 0.212. The van der Waals surface area contributed by atoms with E-state index in [4.69, 9.17) is 18.9 Å². The first-order chi connectivity index (χ1) is 19.8. The lowest BCUT2D eigenvalue weighted by Crippen LogP contribution is -2.33. The minimum Gasteiger partial charge on any atom is -0.496 e. The number of Topliss-reactive ketones (excluding diaryl/α,β-unsaturated/α-hetero) is 1. The summed E-state index contributed by atoms with van der Waals surface area (Å²) in [6.45, 7) is 2.97. The summed E-state index contributed by atoms with van der Waals surface area (Å²) in [6.07, 6.45) is 1.89. The highest BCUT2D eigenvalue weighted by atomic mass is 79.9. The highest BCUT2D eigenvalue weighted by molar-refractivity contribution is 9.10. The van der Waals surface area contributed by atoms with Crippen molar-refractivity contribution in [3.8, 4) is 11.5 Å². The summed E-state index contributed by atoms with van der Waals surface area (Å²) in [5, 5.41) is 0. The number of rotatable bonds is 4. The number of fused-ring (bicyclic) bond motifs is 1. The van der Waals surface area contributed by atoms with Crippen LogP contribution in [0.1, 0.15) is 41.7 Å². The molecule has 0 N–H and O–H groups in total. The Bertz CT molecular complexity index is 1530. The first-order valence-electron chi connectivity index (χ1n) is 13.3. The molecular formula is C33H30Br2O6. The summed E-state index contributed by atoms with van der Waals surface area (Å²) in [6, 6.07) is 19.5. The lowest BCUT2D eigenvalue weighted by molar-refractivity contribution is -0.133. The molecule has 6 rings (SSSR count). The van der Waals surface area contributed by atoms with Gasteiger partial charge in [-0.1, -0.05) is 62.2 Å². The number of methoxy groups -OCH3 is 2. The predicted molar refractivity (Wildman–Crippen MR) is 164 cm³/mol. The molecular weight excluding hydrogens is 652 g/mol. The van der Waals surface area contributed by atoms with E-state index >= 15 is 0 Å². The number of halogens is 2. The summed E-state index contributed by atoms with van der Waals surface area (Å²) in [4.78, 5) is 26.2. The lowest BCUT2D eigenvalue weighted by atomic mass is 9.76. The molecule has 212 valence electrons. The van der Waals surface area contributed by atoms with Gasteiger partial charge in [-0.25, -0.2) is 0 Å². The van der Waals surface area contributed by atoms with Crippen LogP contribution in [0.5, 0.6) is 11.5 Å². The monoisotopic (exact) mass is 680 g/mol. The van der Waals surface area contributed by atoms with Gasteiger partial charge in [-0.2, -0.15) is 0 Å². The van der Waals surface area contributed by atoms with Crippen LogP contribution in [-0.2, 0) is 32.1 Å². The molecule has 0 aromatic heterocycles.